The molecule has 0 aliphatic carbocycles. The minimum Gasteiger partial charge on any atom is -0.271 e. The predicted molar refractivity (Wildman–Crippen MR) is 73.0 cm³/mol. The summed E-state index contributed by atoms with van der Waals surface area (Å²) in [6.07, 6.45) is 0.895. The third kappa shape index (κ3) is 5.82. The zero-order valence-corrected chi connectivity index (χ0v) is 11.6. The van der Waals surface area contributed by atoms with Gasteiger partial charge in [-0.2, -0.15) is 0 Å². The summed E-state index contributed by atoms with van der Waals surface area (Å²) >= 11 is 0. The van der Waals surface area contributed by atoms with E-state index in [-0.39, 0.29) is 11.5 Å². The van der Waals surface area contributed by atoms with E-state index in [4.69, 9.17) is 5.84 Å². The van der Waals surface area contributed by atoms with Gasteiger partial charge in [0.05, 0.1) is 0 Å². The van der Waals surface area contributed by atoms with Gasteiger partial charge in [0, 0.05) is 23.9 Å². The van der Waals surface area contributed by atoms with Gasteiger partial charge >= 0.3 is 0 Å². The van der Waals surface area contributed by atoms with Crippen molar-refractivity contribution in [3.63, 3.8) is 0 Å². The summed E-state index contributed by atoms with van der Waals surface area (Å²) in [5.74, 6) is 10.4. The Kier molecular flexibility index (Phi) is 5.46. The summed E-state index contributed by atoms with van der Waals surface area (Å²) in [5.41, 5.74) is 2.98. The van der Waals surface area contributed by atoms with Crippen LogP contribution in [-0.4, -0.2) is 6.04 Å². The van der Waals surface area contributed by atoms with E-state index in [1.165, 1.54) is 12.1 Å². The van der Waals surface area contributed by atoms with Crippen molar-refractivity contribution >= 4 is 0 Å². The number of rotatable bonds is 4. The third-order valence-electron chi connectivity index (χ3n) is 2.53. The molecule has 4 heteroatoms. The van der Waals surface area contributed by atoms with Crippen molar-refractivity contribution in [1.29, 1.82) is 0 Å². The molecule has 1 unspecified atom stereocenters. The van der Waals surface area contributed by atoms with Crippen molar-refractivity contribution in [3.05, 3.63) is 35.4 Å². The Labute approximate surface area is 113 Å². The fraction of sp³-hybridized carbons (Fsp3) is 0.467. The van der Waals surface area contributed by atoms with Gasteiger partial charge in [0.1, 0.15) is 11.6 Å². The second kappa shape index (κ2) is 6.65. The van der Waals surface area contributed by atoms with E-state index in [0.717, 1.165) is 6.07 Å². The van der Waals surface area contributed by atoms with Crippen LogP contribution in [0.2, 0.25) is 0 Å². The van der Waals surface area contributed by atoms with E-state index in [1.807, 2.05) is 20.8 Å². The summed E-state index contributed by atoms with van der Waals surface area (Å²) in [4.78, 5) is 0. The zero-order chi connectivity index (χ0) is 14.5. The van der Waals surface area contributed by atoms with Crippen LogP contribution in [-0.2, 0) is 6.42 Å². The van der Waals surface area contributed by atoms with Crippen molar-refractivity contribution < 1.29 is 8.78 Å². The Morgan fingerprint density at radius 1 is 1.32 bits per heavy atom. The first-order valence-electron chi connectivity index (χ1n) is 6.22. The molecule has 0 radical (unpaired) electrons. The minimum absolute atomic E-state index is 0.0692. The van der Waals surface area contributed by atoms with Crippen LogP contribution in [0.3, 0.4) is 0 Å². The summed E-state index contributed by atoms with van der Waals surface area (Å²) < 4.78 is 26.3. The smallest absolute Gasteiger partial charge is 0.129 e. The predicted octanol–water partition coefficient (Wildman–Crippen LogP) is 2.78. The molecule has 0 fully saturated rings. The quantitative estimate of drug-likeness (QED) is 0.499. The molecule has 104 valence electrons. The lowest BCUT2D eigenvalue weighted by molar-refractivity contribution is 0.510. The molecule has 1 aromatic rings. The fourth-order valence-electron chi connectivity index (χ4n) is 1.58. The number of nitrogens with one attached hydrogen (secondary N) is 1. The molecule has 1 aromatic carbocycles. The van der Waals surface area contributed by atoms with E-state index >= 15 is 0 Å². The van der Waals surface area contributed by atoms with E-state index in [0.29, 0.717) is 18.4 Å². The van der Waals surface area contributed by atoms with E-state index in [2.05, 4.69) is 17.3 Å². The topological polar surface area (TPSA) is 38.0 Å². The highest BCUT2D eigenvalue weighted by Crippen LogP contribution is 2.13. The Bertz CT molecular complexity index is 481. The van der Waals surface area contributed by atoms with Crippen molar-refractivity contribution in [2.24, 2.45) is 11.3 Å². The molecule has 19 heavy (non-hydrogen) atoms. The second-order valence-corrected chi connectivity index (χ2v) is 5.56. The first-order chi connectivity index (χ1) is 8.81. The molecule has 2 nitrogen and oxygen atoms in total. The van der Waals surface area contributed by atoms with Crippen LogP contribution in [0.5, 0.6) is 0 Å². The summed E-state index contributed by atoms with van der Waals surface area (Å²) in [6, 6.07) is 3.40. The molecule has 1 atom stereocenters. The summed E-state index contributed by atoms with van der Waals surface area (Å²) in [6.45, 7) is 6.06. The standard InChI is InChI=1S/C15H20F2N2/c1-15(2,3)8-4-5-13(19-18)9-11-6-7-12(16)10-14(11)17/h6-7,10,13,19H,5,9,18H2,1-3H3. The monoisotopic (exact) mass is 266 g/mol. The normalized spacial score (nSPS) is 12.7. The first-order valence-corrected chi connectivity index (χ1v) is 6.22. The highest BCUT2D eigenvalue weighted by Gasteiger charge is 2.11. The SMILES string of the molecule is CC(C)(C)C#CCC(Cc1ccc(F)cc1F)NN. The molecular formula is C15H20F2N2. The minimum atomic E-state index is -0.578. The number of benzene rings is 1. The van der Waals surface area contributed by atoms with Crippen LogP contribution in [0.25, 0.3) is 0 Å². The van der Waals surface area contributed by atoms with Gasteiger partial charge in [-0.15, -0.1) is 5.92 Å². The molecule has 0 saturated heterocycles. The van der Waals surface area contributed by atoms with Gasteiger partial charge in [-0.3, -0.25) is 11.3 Å². The maximum Gasteiger partial charge on any atom is 0.129 e. The van der Waals surface area contributed by atoms with E-state index in [9.17, 15) is 8.78 Å². The number of nitrogens with two attached hydrogens (primary N) is 1. The number of hydrazine groups is 1. The van der Waals surface area contributed by atoms with Crippen molar-refractivity contribution in [3.8, 4) is 11.8 Å². The van der Waals surface area contributed by atoms with Gasteiger partial charge in [0.2, 0.25) is 0 Å². The van der Waals surface area contributed by atoms with Crippen LogP contribution in [0, 0.1) is 28.9 Å². The Morgan fingerprint density at radius 3 is 2.53 bits per heavy atom. The molecule has 3 N–H and O–H groups in total. The largest absolute Gasteiger partial charge is 0.271 e. The average molecular weight is 266 g/mol. The Balaban J connectivity index is 2.68. The molecule has 0 spiro atoms. The van der Waals surface area contributed by atoms with Crippen molar-refractivity contribution in [2.45, 2.75) is 39.7 Å². The Hall–Kier alpha value is -1.44. The van der Waals surface area contributed by atoms with Gasteiger partial charge in [0.25, 0.3) is 0 Å². The average Bonchev–Trinajstić information content (AvgIpc) is 2.29. The molecule has 0 bridgehead atoms. The fourth-order valence-corrected chi connectivity index (χ4v) is 1.58. The Morgan fingerprint density at radius 2 is 2.00 bits per heavy atom. The molecule has 0 heterocycles. The summed E-state index contributed by atoms with van der Waals surface area (Å²) in [5, 5.41) is 0. The van der Waals surface area contributed by atoms with Gasteiger partial charge in [-0.25, -0.2) is 8.78 Å². The molecule has 0 amide bonds. The van der Waals surface area contributed by atoms with Crippen LogP contribution in [0.1, 0.15) is 32.8 Å². The van der Waals surface area contributed by atoms with Crippen LogP contribution in [0.4, 0.5) is 8.78 Å². The lowest BCUT2D eigenvalue weighted by atomic mass is 9.97. The van der Waals surface area contributed by atoms with Crippen LogP contribution >= 0.6 is 0 Å². The van der Waals surface area contributed by atoms with Gasteiger partial charge in [-0.1, -0.05) is 12.0 Å². The van der Waals surface area contributed by atoms with Crippen molar-refractivity contribution in [2.75, 3.05) is 0 Å². The maximum atomic E-state index is 13.5. The number of hydrogen-bond acceptors (Lipinski definition) is 2. The molecule has 0 aliphatic heterocycles. The highest BCUT2D eigenvalue weighted by molar-refractivity contribution is 5.20. The van der Waals surface area contributed by atoms with Crippen LogP contribution in [0.15, 0.2) is 18.2 Å². The molecule has 0 aromatic heterocycles. The lowest BCUT2D eigenvalue weighted by Gasteiger charge is -2.14. The van der Waals surface area contributed by atoms with E-state index < -0.39 is 11.6 Å². The maximum absolute atomic E-state index is 13.5. The number of halogens is 2. The van der Waals surface area contributed by atoms with Crippen LogP contribution < -0.4 is 11.3 Å². The highest BCUT2D eigenvalue weighted by atomic mass is 19.1. The summed E-state index contributed by atoms with van der Waals surface area (Å²) in [7, 11) is 0. The van der Waals surface area contributed by atoms with Gasteiger partial charge in [-0.05, 0) is 38.8 Å². The third-order valence-corrected chi connectivity index (χ3v) is 2.53. The first kappa shape index (κ1) is 15.6. The van der Waals surface area contributed by atoms with Crippen molar-refractivity contribution in [1.82, 2.24) is 5.43 Å². The molecule has 0 saturated carbocycles. The molecule has 1 rings (SSSR count). The van der Waals surface area contributed by atoms with Gasteiger partial charge < -0.3 is 0 Å². The molecule has 0 aliphatic rings. The van der Waals surface area contributed by atoms with Gasteiger partial charge in [0.15, 0.2) is 0 Å². The molecular weight excluding hydrogens is 246 g/mol. The lowest BCUT2D eigenvalue weighted by Crippen LogP contribution is -2.36. The van der Waals surface area contributed by atoms with E-state index in [1.54, 1.807) is 0 Å². The zero-order valence-electron chi connectivity index (χ0n) is 11.6. The second-order valence-electron chi connectivity index (χ2n) is 5.56. The number of hydrogen-bond donors (Lipinski definition) is 2.